The number of aromatic nitrogens is 6. The van der Waals surface area contributed by atoms with Crippen LogP contribution >= 0.6 is 0 Å². The zero-order chi connectivity index (χ0) is 30.5. The van der Waals surface area contributed by atoms with E-state index in [0.717, 1.165) is 16.6 Å². The number of nitrogens with zero attached hydrogens (tertiary/aromatic N) is 6. The Balaban J connectivity index is 1.65. The molecular formula is C27H22F4N8O3. The summed E-state index contributed by atoms with van der Waals surface area (Å²) in [5.74, 6) is -2.94. The lowest BCUT2D eigenvalue weighted by atomic mass is 10.0. The first kappa shape index (κ1) is 28.2. The monoisotopic (exact) mass is 582 g/mol. The van der Waals surface area contributed by atoms with Gasteiger partial charge in [-0.3, -0.25) is 9.59 Å². The minimum atomic E-state index is -4.94. The van der Waals surface area contributed by atoms with E-state index in [4.69, 9.17) is 5.73 Å². The number of primary amides is 1. The summed E-state index contributed by atoms with van der Waals surface area (Å²) in [7, 11) is 1.52. The molecule has 5 aromatic rings. The van der Waals surface area contributed by atoms with Crippen molar-refractivity contribution in [2.75, 3.05) is 5.32 Å². The van der Waals surface area contributed by atoms with E-state index in [0.29, 0.717) is 28.8 Å². The summed E-state index contributed by atoms with van der Waals surface area (Å²) in [6, 6.07) is 10.0. The standard InChI is InChI=1S/C27H22F4N8O3/c1-4-16-21(14-8-10-15(11-9-14)39-13(2)35-37(3)26(39)42)36-38-12-19(27(29,30)31)34-22(23(16)38)25(41)33-18-7-5-6-17(20(18)28)24(32)40/h5-12H,4H2,1-3H3,(H2,32,40)(H,33,41). The topological polar surface area (TPSA) is 142 Å². The van der Waals surface area contributed by atoms with Crippen LogP contribution in [0, 0.1) is 12.7 Å². The summed E-state index contributed by atoms with van der Waals surface area (Å²) in [5.41, 5.74) is 3.43. The molecular weight excluding hydrogens is 560 g/mol. The minimum absolute atomic E-state index is 0.0205. The van der Waals surface area contributed by atoms with Crippen LogP contribution in [0.2, 0.25) is 0 Å². The Hall–Kier alpha value is -5.34. The van der Waals surface area contributed by atoms with Crippen molar-refractivity contribution >= 4 is 23.0 Å². The van der Waals surface area contributed by atoms with Gasteiger partial charge in [-0.15, -0.1) is 0 Å². The minimum Gasteiger partial charge on any atom is -0.366 e. The molecule has 3 aromatic heterocycles. The number of alkyl halides is 3. The molecule has 3 heterocycles. The maximum Gasteiger partial charge on any atom is 0.434 e. The van der Waals surface area contributed by atoms with Gasteiger partial charge in [-0.2, -0.15) is 23.4 Å². The number of nitrogens with two attached hydrogens (primary N) is 1. The molecule has 0 radical (unpaired) electrons. The van der Waals surface area contributed by atoms with Gasteiger partial charge in [0, 0.05) is 18.2 Å². The molecule has 15 heteroatoms. The first-order valence-corrected chi connectivity index (χ1v) is 12.4. The number of rotatable bonds is 6. The van der Waals surface area contributed by atoms with Crippen molar-refractivity contribution in [1.82, 2.24) is 28.9 Å². The number of anilines is 1. The molecule has 0 fully saturated rings. The third-order valence-electron chi connectivity index (χ3n) is 6.57. The Bertz CT molecular complexity index is 1940. The van der Waals surface area contributed by atoms with Crippen molar-refractivity contribution in [3.63, 3.8) is 0 Å². The van der Waals surface area contributed by atoms with Crippen LogP contribution in [-0.4, -0.2) is 40.8 Å². The van der Waals surface area contributed by atoms with Gasteiger partial charge in [0.1, 0.15) is 11.3 Å². The Morgan fingerprint density at radius 1 is 1.07 bits per heavy atom. The maximum absolute atomic E-state index is 14.8. The maximum atomic E-state index is 14.8. The summed E-state index contributed by atoms with van der Waals surface area (Å²) < 4.78 is 59.7. The van der Waals surface area contributed by atoms with Crippen molar-refractivity contribution in [3.05, 3.63) is 93.3 Å². The number of fused-ring (bicyclic) bond motifs is 1. The average Bonchev–Trinajstić information content (AvgIpc) is 3.43. The van der Waals surface area contributed by atoms with Gasteiger partial charge >= 0.3 is 11.9 Å². The van der Waals surface area contributed by atoms with Gasteiger partial charge in [-0.1, -0.05) is 25.1 Å². The molecule has 0 saturated heterocycles. The average molecular weight is 583 g/mol. The molecule has 0 aliphatic rings. The van der Waals surface area contributed by atoms with Gasteiger partial charge in [0.05, 0.1) is 28.8 Å². The quantitative estimate of drug-likeness (QED) is 0.293. The molecule has 11 nitrogen and oxygen atoms in total. The Morgan fingerprint density at radius 3 is 2.33 bits per heavy atom. The normalized spacial score (nSPS) is 11.7. The number of aryl methyl sites for hydroxylation is 3. The van der Waals surface area contributed by atoms with E-state index in [1.165, 1.54) is 22.4 Å². The van der Waals surface area contributed by atoms with Crippen LogP contribution in [0.5, 0.6) is 0 Å². The fraction of sp³-hybridized carbons (Fsp3) is 0.185. The lowest BCUT2D eigenvalue weighted by molar-refractivity contribution is -0.141. The van der Waals surface area contributed by atoms with Gasteiger partial charge in [0.2, 0.25) is 0 Å². The van der Waals surface area contributed by atoms with E-state index in [-0.39, 0.29) is 23.3 Å². The second kappa shape index (κ2) is 10.2. The second-order valence-corrected chi connectivity index (χ2v) is 9.27. The summed E-state index contributed by atoms with van der Waals surface area (Å²) >= 11 is 0. The first-order valence-electron chi connectivity index (χ1n) is 12.4. The highest BCUT2D eigenvalue weighted by atomic mass is 19.4. The summed E-state index contributed by atoms with van der Waals surface area (Å²) in [5, 5.41) is 10.6. The zero-order valence-electron chi connectivity index (χ0n) is 22.3. The van der Waals surface area contributed by atoms with E-state index in [9.17, 15) is 31.9 Å². The largest absolute Gasteiger partial charge is 0.434 e. The highest BCUT2D eigenvalue weighted by Gasteiger charge is 2.36. The number of hydrogen-bond donors (Lipinski definition) is 2. The molecule has 5 rings (SSSR count). The molecule has 0 aliphatic carbocycles. The van der Waals surface area contributed by atoms with E-state index in [2.05, 4.69) is 20.5 Å². The van der Waals surface area contributed by atoms with E-state index in [1.807, 2.05) is 0 Å². The molecule has 42 heavy (non-hydrogen) atoms. The molecule has 216 valence electrons. The fourth-order valence-corrected chi connectivity index (χ4v) is 4.65. The van der Waals surface area contributed by atoms with Crippen molar-refractivity contribution in [3.8, 4) is 16.9 Å². The van der Waals surface area contributed by atoms with Crippen molar-refractivity contribution < 1.29 is 27.2 Å². The number of nitrogens with one attached hydrogen (secondary N) is 1. The van der Waals surface area contributed by atoms with Gasteiger partial charge in [-0.05, 0) is 37.6 Å². The van der Waals surface area contributed by atoms with Crippen molar-refractivity contribution in [1.29, 1.82) is 0 Å². The van der Waals surface area contributed by atoms with Crippen LogP contribution < -0.4 is 16.7 Å². The number of benzene rings is 2. The SMILES string of the molecule is CCc1c(-c2ccc(-n3c(C)nn(C)c3=O)cc2)nn2cc(C(F)(F)F)nc(C(=O)Nc3cccc(C(N)=O)c3F)c12. The highest BCUT2D eigenvalue weighted by Crippen LogP contribution is 2.33. The predicted octanol–water partition coefficient (Wildman–Crippen LogP) is 3.66. The molecule has 2 amide bonds. The van der Waals surface area contributed by atoms with Crippen LogP contribution in [0.3, 0.4) is 0 Å². The Morgan fingerprint density at radius 2 is 1.76 bits per heavy atom. The van der Waals surface area contributed by atoms with E-state index < -0.39 is 46.4 Å². The third-order valence-corrected chi connectivity index (χ3v) is 6.57. The number of halogens is 4. The van der Waals surface area contributed by atoms with Crippen LogP contribution in [0.15, 0.2) is 53.5 Å². The van der Waals surface area contributed by atoms with E-state index in [1.54, 1.807) is 38.1 Å². The number of carbonyl (C=O) groups excluding carboxylic acids is 2. The van der Waals surface area contributed by atoms with Crippen LogP contribution in [0.4, 0.5) is 23.2 Å². The molecule has 3 N–H and O–H groups in total. The highest BCUT2D eigenvalue weighted by molar-refractivity contribution is 6.09. The molecule has 0 unspecified atom stereocenters. The van der Waals surface area contributed by atoms with Crippen molar-refractivity contribution in [2.45, 2.75) is 26.4 Å². The van der Waals surface area contributed by atoms with Gasteiger partial charge in [0.25, 0.3) is 11.8 Å². The lowest BCUT2D eigenvalue weighted by Crippen LogP contribution is -2.21. The number of hydrogen-bond acceptors (Lipinski definition) is 6. The summed E-state index contributed by atoms with van der Waals surface area (Å²) in [6.45, 7) is 3.39. The van der Waals surface area contributed by atoms with Gasteiger partial charge in [0.15, 0.2) is 17.2 Å². The van der Waals surface area contributed by atoms with Crippen LogP contribution in [0.25, 0.3) is 22.5 Å². The zero-order valence-corrected chi connectivity index (χ0v) is 22.3. The molecule has 0 aliphatic heterocycles. The third kappa shape index (κ3) is 4.78. The molecule has 0 spiro atoms. The van der Waals surface area contributed by atoms with Crippen LogP contribution in [-0.2, 0) is 19.6 Å². The molecule has 0 bridgehead atoms. The molecule has 0 saturated carbocycles. The summed E-state index contributed by atoms with van der Waals surface area (Å²) in [4.78, 5) is 40.9. The fourth-order valence-electron chi connectivity index (χ4n) is 4.65. The predicted molar refractivity (Wildman–Crippen MR) is 143 cm³/mol. The molecule has 2 aromatic carbocycles. The Kier molecular flexibility index (Phi) is 6.88. The van der Waals surface area contributed by atoms with Crippen molar-refractivity contribution in [2.24, 2.45) is 12.8 Å². The number of amides is 2. The summed E-state index contributed by atoms with van der Waals surface area (Å²) in [6.07, 6.45) is -4.04. The first-order chi connectivity index (χ1) is 19.8. The van der Waals surface area contributed by atoms with Gasteiger partial charge in [-0.25, -0.2) is 27.9 Å². The Labute approximate surface area is 234 Å². The number of carbonyl (C=O) groups is 2. The van der Waals surface area contributed by atoms with Crippen LogP contribution in [0.1, 0.15) is 44.9 Å². The second-order valence-electron chi connectivity index (χ2n) is 9.27. The lowest BCUT2D eigenvalue weighted by Gasteiger charge is -2.12. The molecule has 0 atom stereocenters. The smallest absolute Gasteiger partial charge is 0.366 e. The van der Waals surface area contributed by atoms with Gasteiger partial charge < -0.3 is 11.1 Å². The van der Waals surface area contributed by atoms with E-state index >= 15 is 0 Å².